The zero-order valence-electron chi connectivity index (χ0n) is 2.89. The van der Waals surface area contributed by atoms with Crippen LogP contribution in [0.2, 0.25) is 0 Å². The maximum atomic E-state index is 4.45. The van der Waals surface area contributed by atoms with Crippen LogP contribution in [0, 0.1) is 12.5 Å². The van der Waals surface area contributed by atoms with Crippen molar-refractivity contribution in [3.63, 3.8) is 0 Å². The van der Waals surface area contributed by atoms with Crippen molar-refractivity contribution < 1.29 is 55.6 Å². The molecular weight excluding hydrogens is 111 g/mol. The first-order chi connectivity index (χ1) is 1.91. The Labute approximate surface area is 79.5 Å². The number of hydrogen-bond donors (Lipinski definition) is 0. The average Bonchev–Trinajstić information content (AvgIpc) is 1.37. The molecule has 3 heteroatoms. The van der Waals surface area contributed by atoms with E-state index in [0.29, 0.717) is 0 Å². The molecule has 0 aromatic heterocycles. The van der Waals surface area contributed by atoms with Crippen molar-refractivity contribution in [1.82, 2.24) is 0 Å². The molecule has 0 aromatic carbocycles. The molecule has 0 radical (unpaired) electrons. The minimum Gasteiger partial charge on any atom is -0.596 e. The van der Waals surface area contributed by atoms with E-state index in [1.165, 1.54) is 0 Å². The maximum absolute atomic E-state index is 4.45. The first kappa shape index (κ1) is 9.60. The van der Waals surface area contributed by atoms with Crippen molar-refractivity contribution in [2.45, 2.75) is 0 Å². The Bertz CT molecular complexity index is 39.4. The summed E-state index contributed by atoms with van der Waals surface area (Å²) in [7, 11) is 0. The Morgan fingerprint density at radius 1 is 1.80 bits per heavy atom. The van der Waals surface area contributed by atoms with Gasteiger partial charge in [0.15, 0.2) is 0 Å². The number of terminal acetylenes is 1. The van der Waals surface area contributed by atoms with Crippen LogP contribution in [0.15, 0.2) is 0 Å². The molecule has 0 unspecified atom stereocenters. The van der Waals surface area contributed by atoms with Crippen molar-refractivity contribution in [3.8, 4) is 12.5 Å². The third kappa shape index (κ3) is 10.9. The van der Waals surface area contributed by atoms with Crippen LogP contribution in [-0.2, 0) is 17.1 Å². The van der Waals surface area contributed by atoms with Gasteiger partial charge in [-0.1, -0.05) is 6.42 Å². The van der Waals surface area contributed by atoms with E-state index < -0.39 is 0 Å². The monoisotopic (exact) mass is 112 g/mol. The molecule has 0 aromatic rings. The van der Waals surface area contributed by atoms with Crippen LogP contribution in [0.4, 0.5) is 0 Å². The second kappa shape index (κ2) is 9.02. The second-order valence-electron chi connectivity index (χ2n) is 0.201. The van der Waals surface area contributed by atoms with Gasteiger partial charge in [-0.3, -0.25) is 0 Å². The zero-order chi connectivity index (χ0) is 3.41. The Hall–Kier alpha value is 1.35. The molecule has 0 N–H and O–H groups in total. The van der Waals surface area contributed by atoms with E-state index in [1.54, 1.807) is 6.11 Å². The molecule has 0 spiro atoms. The first-order valence-corrected chi connectivity index (χ1v) is 0.993. The average molecular weight is 112 g/mol. The molecule has 0 aliphatic rings. The predicted molar refractivity (Wildman–Crippen MR) is 17.3 cm³/mol. The fourth-order valence-electron chi connectivity index (χ4n) is 0. The van der Waals surface area contributed by atoms with Crippen LogP contribution >= 0.6 is 0 Å². The van der Waals surface area contributed by atoms with E-state index in [4.69, 9.17) is 0 Å². The molecule has 0 amide bonds. The second-order valence-corrected chi connectivity index (χ2v) is 0.368. The summed E-state index contributed by atoms with van der Waals surface area (Å²) in [5, 5.41) is 0. The van der Waals surface area contributed by atoms with Gasteiger partial charge in [0.1, 0.15) is 0 Å². The molecule has 5 heavy (non-hydrogen) atoms. The summed E-state index contributed by atoms with van der Waals surface area (Å²) >= 11 is 3.82. The van der Waals surface area contributed by atoms with Crippen molar-refractivity contribution in [2.24, 2.45) is 0 Å². The molecule has 0 aliphatic heterocycles. The first-order valence-electron chi connectivity index (χ1n) is 0.659. The quantitative estimate of drug-likeness (QED) is 0.188. The molecule has 0 bridgehead atoms. The summed E-state index contributed by atoms with van der Waals surface area (Å²) in [5.74, 6) is 0. The molecule has 0 atom stereocenters. The van der Waals surface area contributed by atoms with Crippen molar-refractivity contribution >= 4 is 12.9 Å². The zero-order valence-corrected chi connectivity index (χ0v) is 6.83. The molecule has 0 saturated carbocycles. The van der Waals surface area contributed by atoms with Crippen molar-refractivity contribution in [1.29, 1.82) is 0 Å². The van der Waals surface area contributed by atoms with Crippen LogP contribution in [0.25, 0.3) is 0 Å². The fraction of sp³-hybridized carbons (Fsp3) is 0. The minimum atomic E-state index is 0. The van der Waals surface area contributed by atoms with Gasteiger partial charge in [0.05, 0.1) is 6.11 Å². The van der Waals surface area contributed by atoms with Crippen LogP contribution in [0.1, 0.15) is 0 Å². The Balaban J connectivity index is 0. The van der Waals surface area contributed by atoms with Gasteiger partial charge in [0, 0.05) is 0 Å². The predicted octanol–water partition coefficient (Wildman–Crippen LogP) is -2.94. The smallest absolute Gasteiger partial charge is 0.596 e. The van der Waals surface area contributed by atoms with Crippen LogP contribution < -0.4 is 51.4 Å². The SMILES string of the molecule is C#CO[S-].[K+]. The molecule has 0 rings (SSSR count). The van der Waals surface area contributed by atoms with Gasteiger partial charge in [-0.15, -0.1) is 0 Å². The Kier molecular flexibility index (Phi) is 17.3. The number of rotatable bonds is 0. The molecule has 22 valence electrons. The van der Waals surface area contributed by atoms with Crippen LogP contribution in [0.5, 0.6) is 0 Å². The third-order valence-corrected chi connectivity index (χ3v) is 0.144. The van der Waals surface area contributed by atoms with E-state index in [-0.39, 0.29) is 51.4 Å². The van der Waals surface area contributed by atoms with Crippen molar-refractivity contribution in [3.05, 3.63) is 0 Å². The molecule has 1 nitrogen and oxygen atoms in total. The summed E-state index contributed by atoms with van der Waals surface area (Å²) in [6.45, 7) is 0. The van der Waals surface area contributed by atoms with E-state index in [0.717, 1.165) is 0 Å². The molecular formula is C2HKOS. The van der Waals surface area contributed by atoms with Gasteiger partial charge in [-0.2, -0.15) is 0 Å². The van der Waals surface area contributed by atoms with Gasteiger partial charge in [-0.05, 0) is 0 Å². The van der Waals surface area contributed by atoms with Crippen LogP contribution in [0.3, 0.4) is 0 Å². The third-order valence-electron chi connectivity index (χ3n) is 0.0481. The summed E-state index contributed by atoms with van der Waals surface area (Å²) in [4.78, 5) is 0. The molecule has 0 saturated heterocycles. The van der Waals surface area contributed by atoms with E-state index in [9.17, 15) is 0 Å². The minimum absolute atomic E-state index is 0. The summed E-state index contributed by atoms with van der Waals surface area (Å²) in [6.07, 6.45) is 6.20. The van der Waals surface area contributed by atoms with E-state index >= 15 is 0 Å². The summed E-state index contributed by atoms with van der Waals surface area (Å²) < 4.78 is 3.65. The van der Waals surface area contributed by atoms with Crippen molar-refractivity contribution in [2.75, 3.05) is 0 Å². The largest absolute Gasteiger partial charge is 1.00 e. The topological polar surface area (TPSA) is 9.23 Å². The fourth-order valence-corrected chi connectivity index (χ4v) is 0. The standard InChI is InChI=1S/C2H2OS.K/c1-2-3-4;/h1,4H;/q;+1/p-1. The molecule has 0 aliphatic carbocycles. The van der Waals surface area contributed by atoms with Gasteiger partial charge in [0.25, 0.3) is 0 Å². The normalized spacial score (nSPS) is 3.20. The Morgan fingerprint density at radius 3 is 2.00 bits per heavy atom. The van der Waals surface area contributed by atoms with E-state index in [1.807, 2.05) is 0 Å². The van der Waals surface area contributed by atoms with E-state index in [2.05, 4.69) is 23.5 Å². The Morgan fingerprint density at radius 2 is 2.00 bits per heavy atom. The van der Waals surface area contributed by atoms with Gasteiger partial charge in [-0.25, -0.2) is 0 Å². The number of hydrogen-bond acceptors (Lipinski definition) is 2. The summed E-state index contributed by atoms with van der Waals surface area (Å²) in [5.41, 5.74) is 0. The summed E-state index contributed by atoms with van der Waals surface area (Å²) in [6, 6.07) is 0. The maximum Gasteiger partial charge on any atom is 1.00 e. The van der Waals surface area contributed by atoms with Crippen LogP contribution in [-0.4, -0.2) is 0 Å². The van der Waals surface area contributed by atoms with Gasteiger partial charge >= 0.3 is 51.4 Å². The molecule has 0 heterocycles. The molecule has 0 fully saturated rings. The van der Waals surface area contributed by atoms with Gasteiger partial charge in [0.2, 0.25) is 0 Å². The van der Waals surface area contributed by atoms with Gasteiger partial charge < -0.3 is 17.1 Å².